The van der Waals surface area contributed by atoms with Gasteiger partial charge in [-0.1, -0.05) is 30.3 Å². The number of amides is 1. The van der Waals surface area contributed by atoms with Crippen LogP contribution in [0.4, 0.5) is 10.1 Å². The van der Waals surface area contributed by atoms with Gasteiger partial charge in [0, 0.05) is 24.1 Å². The molecule has 2 aromatic carbocycles. The summed E-state index contributed by atoms with van der Waals surface area (Å²) >= 11 is 0. The van der Waals surface area contributed by atoms with Gasteiger partial charge in [-0.15, -0.1) is 0 Å². The molecule has 30 heavy (non-hydrogen) atoms. The van der Waals surface area contributed by atoms with Crippen LogP contribution in [0.15, 0.2) is 64.1 Å². The highest BCUT2D eigenvalue weighted by molar-refractivity contribution is 6.06. The molecule has 0 saturated carbocycles. The molecule has 0 radical (unpaired) electrons. The van der Waals surface area contributed by atoms with E-state index < -0.39 is 0 Å². The molecule has 1 heterocycles. The third kappa shape index (κ3) is 4.43. The van der Waals surface area contributed by atoms with Crippen molar-refractivity contribution in [2.24, 2.45) is 5.10 Å². The molecule has 6 heteroatoms. The Kier molecular flexibility index (Phi) is 5.93. The molecule has 0 bridgehead atoms. The van der Waals surface area contributed by atoms with Gasteiger partial charge >= 0.3 is 0 Å². The van der Waals surface area contributed by atoms with Gasteiger partial charge in [0.25, 0.3) is 5.91 Å². The van der Waals surface area contributed by atoms with E-state index in [0.29, 0.717) is 18.0 Å². The number of hydrazone groups is 1. The molecule has 0 unspecified atom stereocenters. The molecule has 0 fully saturated rings. The second-order valence-corrected chi connectivity index (χ2v) is 7.38. The van der Waals surface area contributed by atoms with Gasteiger partial charge in [0.1, 0.15) is 11.6 Å². The lowest BCUT2D eigenvalue weighted by atomic mass is 9.93. The van der Waals surface area contributed by atoms with Crippen molar-refractivity contribution in [3.63, 3.8) is 0 Å². The zero-order chi connectivity index (χ0) is 20.9. The number of fused-ring (bicyclic) bond motifs is 1. The zero-order valence-corrected chi connectivity index (χ0v) is 16.9. The molecule has 0 spiro atoms. The average molecular weight is 405 g/mol. The molecule has 1 aliphatic rings. The number of aryl methyl sites for hydroxylation is 1. The maximum Gasteiger partial charge on any atom is 0.287 e. The Hall–Kier alpha value is -3.41. The minimum atomic E-state index is -0.290. The quantitative estimate of drug-likeness (QED) is 0.576. The minimum absolute atomic E-state index is 0.205. The van der Waals surface area contributed by atoms with Crippen molar-refractivity contribution < 1.29 is 13.6 Å². The second-order valence-electron chi connectivity index (χ2n) is 7.38. The van der Waals surface area contributed by atoms with E-state index in [2.05, 4.69) is 15.8 Å². The molecule has 3 aromatic rings. The fraction of sp³-hybridized carbons (Fsp3) is 0.250. The van der Waals surface area contributed by atoms with Crippen molar-refractivity contribution in [3.8, 4) is 0 Å². The van der Waals surface area contributed by atoms with Crippen LogP contribution in [0.25, 0.3) is 0 Å². The van der Waals surface area contributed by atoms with Gasteiger partial charge in [0.05, 0.1) is 11.4 Å². The summed E-state index contributed by atoms with van der Waals surface area (Å²) in [6.07, 6.45) is 3.24. The first-order chi connectivity index (χ1) is 14.6. The van der Waals surface area contributed by atoms with Crippen LogP contribution < -0.4 is 10.7 Å². The van der Waals surface area contributed by atoms with E-state index in [1.165, 1.54) is 17.7 Å². The third-order valence-corrected chi connectivity index (χ3v) is 5.24. The lowest BCUT2D eigenvalue weighted by Gasteiger charge is -2.13. The SMILES string of the molecule is Cc1c(C(=O)NCCc2ccccc2)oc2c1/C(=N/Nc1ccc(F)cc1)CCC2. The Labute approximate surface area is 175 Å². The van der Waals surface area contributed by atoms with Crippen LogP contribution in [0.2, 0.25) is 0 Å². The van der Waals surface area contributed by atoms with E-state index in [0.717, 1.165) is 48.3 Å². The number of hydrogen-bond acceptors (Lipinski definition) is 4. The molecule has 2 N–H and O–H groups in total. The molecule has 0 atom stereocenters. The number of nitrogens with one attached hydrogen (secondary N) is 2. The highest BCUT2D eigenvalue weighted by Crippen LogP contribution is 2.30. The first-order valence-corrected chi connectivity index (χ1v) is 10.1. The lowest BCUT2D eigenvalue weighted by molar-refractivity contribution is 0.0923. The fourth-order valence-electron chi connectivity index (χ4n) is 3.70. The van der Waals surface area contributed by atoms with E-state index >= 15 is 0 Å². The molecule has 1 aliphatic carbocycles. The van der Waals surface area contributed by atoms with E-state index in [9.17, 15) is 9.18 Å². The molecular weight excluding hydrogens is 381 g/mol. The Morgan fingerprint density at radius 3 is 2.63 bits per heavy atom. The van der Waals surface area contributed by atoms with Crippen molar-refractivity contribution in [1.82, 2.24) is 5.32 Å². The number of halogens is 1. The lowest BCUT2D eigenvalue weighted by Crippen LogP contribution is -2.26. The number of anilines is 1. The summed E-state index contributed by atoms with van der Waals surface area (Å²) in [7, 11) is 0. The van der Waals surface area contributed by atoms with Crippen LogP contribution in [-0.4, -0.2) is 18.2 Å². The summed E-state index contributed by atoms with van der Waals surface area (Å²) < 4.78 is 19.0. The predicted octanol–water partition coefficient (Wildman–Crippen LogP) is 4.85. The van der Waals surface area contributed by atoms with Gasteiger partial charge in [-0.05, 0) is 56.0 Å². The fourth-order valence-corrected chi connectivity index (χ4v) is 3.70. The molecule has 1 aromatic heterocycles. The highest BCUT2D eigenvalue weighted by Gasteiger charge is 2.27. The Bertz CT molecular complexity index is 1060. The van der Waals surface area contributed by atoms with Crippen molar-refractivity contribution in [1.29, 1.82) is 0 Å². The predicted molar refractivity (Wildman–Crippen MR) is 115 cm³/mol. The summed E-state index contributed by atoms with van der Waals surface area (Å²) in [6.45, 7) is 2.44. The van der Waals surface area contributed by atoms with Gasteiger partial charge < -0.3 is 9.73 Å². The van der Waals surface area contributed by atoms with Crippen LogP contribution in [-0.2, 0) is 12.8 Å². The Balaban J connectivity index is 1.47. The van der Waals surface area contributed by atoms with Crippen molar-refractivity contribution in [3.05, 3.63) is 88.6 Å². The third-order valence-electron chi connectivity index (χ3n) is 5.24. The number of benzene rings is 2. The highest BCUT2D eigenvalue weighted by atomic mass is 19.1. The summed E-state index contributed by atoms with van der Waals surface area (Å²) in [6, 6.07) is 16.1. The van der Waals surface area contributed by atoms with Gasteiger partial charge in [0.15, 0.2) is 5.76 Å². The number of hydrogen-bond donors (Lipinski definition) is 2. The van der Waals surface area contributed by atoms with Gasteiger partial charge in [-0.2, -0.15) is 5.10 Å². The molecule has 0 aliphatic heterocycles. The number of carbonyl (C=O) groups excluding carboxylic acids is 1. The molecule has 1 amide bonds. The van der Waals surface area contributed by atoms with Crippen LogP contribution in [0.3, 0.4) is 0 Å². The Morgan fingerprint density at radius 2 is 1.87 bits per heavy atom. The summed E-state index contributed by atoms with van der Waals surface area (Å²) in [5.41, 5.74) is 7.43. The van der Waals surface area contributed by atoms with Gasteiger partial charge in [0.2, 0.25) is 0 Å². The van der Waals surface area contributed by atoms with Crippen molar-refractivity contribution in [2.45, 2.75) is 32.6 Å². The smallest absolute Gasteiger partial charge is 0.287 e. The largest absolute Gasteiger partial charge is 0.455 e. The monoisotopic (exact) mass is 405 g/mol. The topological polar surface area (TPSA) is 66.6 Å². The van der Waals surface area contributed by atoms with Crippen molar-refractivity contribution >= 4 is 17.3 Å². The first-order valence-electron chi connectivity index (χ1n) is 10.1. The minimum Gasteiger partial charge on any atom is -0.455 e. The Morgan fingerprint density at radius 1 is 1.10 bits per heavy atom. The standard InChI is InChI=1S/C24H24FN3O2/c1-16-22-20(28-27-19-12-10-18(25)11-13-19)8-5-9-21(22)30-23(16)24(29)26-15-14-17-6-3-2-4-7-17/h2-4,6-7,10-13,27H,5,8-9,14-15H2,1H3,(H,26,29)/b28-20+. The first kappa shape index (κ1) is 19.9. The van der Waals surface area contributed by atoms with Crippen LogP contribution in [0, 0.1) is 12.7 Å². The molecule has 4 rings (SSSR count). The number of rotatable bonds is 6. The van der Waals surface area contributed by atoms with Crippen LogP contribution >= 0.6 is 0 Å². The normalized spacial score (nSPS) is 14.4. The number of carbonyl (C=O) groups is 1. The number of furan rings is 1. The summed E-state index contributed by atoms with van der Waals surface area (Å²) in [4.78, 5) is 12.7. The summed E-state index contributed by atoms with van der Waals surface area (Å²) in [5, 5.41) is 7.46. The van der Waals surface area contributed by atoms with E-state index in [1.807, 2.05) is 37.3 Å². The average Bonchev–Trinajstić information content (AvgIpc) is 3.11. The zero-order valence-electron chi connectivity index (χ0n) is 16.9. The molecular formula is C24H24FN3O2. The van der Waals surface area contributed by atoms with Crippen LogP contribution in [0.1, 0.15) is 45.8 Å². The van der Waals surface area contributed by atoms with E-state index in [4.69, 9.17) is 4.42 Å². The van der Waals surface area contributed by atoms with Crippen LogP contribution in [0.5, 0.6) is 0 Å². The second kappa shape index (κ2) is 8.95. The van der Waals surface area contributed by atoms with Crippen molar-refractivity contribution in [2.75, 3.05) is 12.0 Å². The number of nitrogens with zero attached hydrogens (tertiary/aromatic N) is 1. The van der Waals surface area contributed by atoms with Gasteiger partial charge in [-0.25, -0.2) is 4.39 Å². The van der Waals surface area contributed by atoms with E-state index in [-0.39, 0.29) is 11.7 Å². The molecule has 154 valence electrons. The van der Waals surface area contributed by atoms with E-state index in [1.54, 1.807) is 12.1 Å². The summed E-state index contributed by atoms with van der Waals surface area (Å²) in [5.74, 6) is 0.654. The maximum atomic E-state index is 13.1. The molecule has 5 nitrogen and oxygen atoms in total. The maximum absolute atomic E-state index is 13.1. The molecule has 0 saturated heterocycles. The van der Waals surface area contributed by atoms with Gasteiger partial charge in [-0.3, -0.25) is 10.2 Å².